The van der Waals surface area contributed by atoms with E-state index in [9.17, 15) is 4.79 Å². The number of halogens is 1. The molecule has 0 atom stereocenters. The number of carbonyl (C=O) groups is 1. The topological polar surface area (TPSA) is 85.6 Å². The van der Waals surface area contributed by atoms with Gasteiger partial charge in [0.25, 0.3) is 0 Å². The van der Waals surface area contributed by atoms with Crippen molar-refractivity contribution in [3.05, 3.63) is 65.9 Å². The van der Waals surface area contributed by atoms with Gasteiger partial charge >= 0.3 is 0 Å². The predicted octanol–water partition coefficient (Wildman–Crippen LogP) is 4.17. The summed E-state index contributed by atoms with van der Waals surface area (Å²) in [5.74, 6) is -0.0270. The number of aromatic nitrogens is 5. The molecule has 0 radical (unpaired) electrons. The Kier molecular flexibility index (Phi) is 5.65. The summed E-state index contributed by atoms with van der Waals surface area (Å²) in [6.07, 6.45) is 1.59. The van der Waals surface area contributed by atoms with E-state index in [4.69, 9.17) is 11.6 Å². The van der Waals surface area contributed by atoms with Crippen LogP contribution in [0.4, 0.5) is 5.13 Å². The number of hydrogen-bond donors (Lipinski definition) is 1. The van der Waals surface area contributed by atoms with Crippen molar-refractivity contribution in [2.24, 2.45) is 0 Å². The van der Waals surface area contributed by atoms with Gasteiger partial charge in [-0.25, -0.2) is 0 Å². The number of hydrogen-bond acceptors (Lipinski definition) is 7. The molecule has 1 N–H and O–H groups in total. The molecule has 1 amide bonds. The molecular formula is C18H13ClN6OS2. The second-order valence-electron chi connectivity index (χ2n) is 5.58. The minimum absolute atomic E-state index is 0.166. The van der Waals surface area contributed by atoms with Gasteiger partial charge in [0.2, 0.25) is 11.0 Å². The zero-order valence-corrected chi connectivity index (χ0v) is 16.7. The maximum Gasteiger partial charge on any atom is 0.236 e. The van der Waals surface area contributed by atoms with Crippen molar-refractivity contribution >= 4 is 45.7 Å². The molecule has 0 aliphatic rings. The summed E-state index contributed by atoms with van der Waals surface area (Å²) in [6.45, 7) is 0. The van der Waals surface area contributed by atoms with E-state index in [1.165, 1.54) is 23.1 Å². The van der Waals surface area contributed by atoms with Crippen molar-refractivity contribution in [2.75, 3.05) is 11.1 Å². The van der Waals surface area contributed by atoms with Crippen molar-refractivity contribution in [3.8, 4) is 16.3 Å². The molecule has 2 heterocycles. The molecule has 10 heteroatoms. The lowest BCUT2D eigenvalue weighted by Gasteiger charge is -2.06. The van der Waals surface area contributed by atoms with Crippen LogP contribution in [0, 0.1) is 0 Å². The third kappa shape index (κ3) is 4.38. The molecule has 0 saturated carbocycles. The minimum atomic E-state index is -0.193. The molecular weight excluding hydrogens is 416 g/mol. The van der Waals surface area contributed by atoms with Gasteiger partial charge in [-0.05, 0) is 18.2 Å². The standard InChI is InChI=1S/C18H13ClN6OS2/c19-13-7-4-8-14(9-13)25-11-20-24-18(25)27-10-15(26)21-17-23-22-16(28-17)12-5-2-1-3-6-12/h1-9,11H,10H2,(H,21,23,26). The zero-order valence-electron chi connectivity index (χ0n) is 14.3. The van der Waals surface area contributed by atoms with Crippen LogP contribution >= 0.6 is 34.7 Å². The molecule has 0 bridgehead atoms. The van der Waals surface area contributed by atoms with Crippen LogP contribution in [-0.2, 0) is 4.79 Å². The Morgan fingerprint density at radius 3 is 2.79 bits per heavy atom. The van der Waals surface area contributed by atoms with Crippen LogP contribution in [0.2, 0.25) is 5.02 Å². The number of nitrogens with zero attached hydrogens (tertiary/aromatic N) is 5. The summed E-state index contributed by atoms with van der Waals surface area (Å²) in [5, 5.41) is 21.3. The van der Waals surface area contributed by atoms with Crippen LogP contribution < -0.4 is 5.32 Å². The van der Waals surface area contributed by atoms with Crippen LogP contribution in [0.1, 0.15) is 0 Å². The van der Waals surface area contributed by atoms with Crippen LogP contribution in [-0.4, -0.2) is 36.6 Å². The van der Waals surface area contributed by atoms with Gasteiger partial charge in [-0.15, -0.1) is 20.4 Å². The van der Waals surface area contributed by atoms with Gasteiger partial charge in [-0.1, -0.05) is 71.1 Å². The fraction of sp³-hybridized carbons (Fsp3) is 0.0556. The monoisotopic (exact) mass is 428 g/mol. The smallest absolute Gasteiger partial charge is 0.236 e. The summed E-state index contributed by atoms with van der Waals surface area (Å²) in [7, 11) is 0. The average molecular weight is 429 g/mol. The van der Waals surface area contributed by atoms with E-state index in [0.717, 1.165) is 16.3 Å². The normalized spacial score (nSPS) is 10.8. The molecule has 0 spiro atoms. The van der Waals surface area contributed by atoms with Crippen molar-refractivity contribution < 1.29 is 4.79 Å². The highest BCUT2D eigenvalue weighted by atomic mass is 35.5. The highest BCUT2D eigenvalue weighted by Gasteiger charge is 2.13. The largest absolute Gasteiger partial charge is 0.300 e. The molecule has 0 aliphatic carbocycles. The molecule has 2 aromatic carbocycles. The van der Waals surface area contributed by atoms with Crippen LogP contribution in [0.15, 0.2) is 66.1 Å². The van der Waals surface area contributed by atoms with Crippen LogP contribution in [0.5, 0.6) is 0 Å². The van der Waals surface area contributed by atoms with E-state index in [1.807, 2.05) is 42.5 Å². The first kappa shape index (κ1) is 18.6. The number of anilines is 1. The number of amides is 1. The molecule has 0 fully saturated rings. The Balaban J connectivity index is 1.38. The maximum atomic E-state index is 12.3. The third-order valence-electron chi connectivity index (χ3n) is 3.63. The molecule has 140 valence electrons. The average Bonchev–Trinajstić information content (AvgIpc) is 3.36. The van der Waals surface area contributed by atoms with Crippen molar-refractivity contribution in [2.45, 2.75) is 5.16 Å². The number of benzene rings is 2. The SMILES string of the molecule is O=C(CSc1nncn1-c1cccc(Cl)c1)Nc1nnc(-c2ccccc2)s1. The first-order valence-corrected chi connectivity index (χ1v) is 10.3. The van der Waals surface area contributed by atoms with Crippen molar-refractivity contribution in [1.82, 2.24) is 25.0 Å². The van der Waals surface area contributed by atoms with E-state index >= 15 is 0 Å². The Hall–Kier alpha value is -2.75. The molecule has 2 aromatic heterocycles. The van der Waals surface area contributed by atoms with Gasteiger partial charge in [-0.2, -0.15) is 0 Å². The van der Waals surface area contributed by atoms with E-state index < -0.39 is 0 Å². The Bertz CT molecular complexity index is 1100. The van der Waals surface area contributed by atoms with Gasteiger partial charge in [0.15, 0.2) is 5.16 Å². The molecule has 4 aromatic rings. The summed E-state index contributed by atoms with van der Waals surface area (Å²) >= 11 is 8.64. The number of rotatable bonds is 6. The lowest BCUT2D eigenvalue weighted by Crippen LogP contribution is -2.14. The summed E-state index contributed by atoms with van der Waals surface area (Å²) < 4.78 is 1.78. The number of carbonyl (C=O) groups excluding carboxylic acids is 1. The van der Waals surface area contributed by atoms with E-state index in [2.05, 4.69) is 25.7 Å². The van der Waals surface area contributed by atoms with E-state index in [-0.39, 0.29) is 11.7 Å². The van der Waals surface area contributed by atoms with Crippen LogP contribution in [0.25, 0.3) is 16.3 Å². The lowest BCUT2D eigenvalue weighted by molar-refractivity contribution is -0.113. The highest BCUT2D eigenvalue weighted by molar-refractivity contribution is 7.99. The van der Waals surface area contributed by atoms with Gasteiger partial charge in [0.1, 0.15) is 11.3 Å². The molecule has 4 rings (SSSR count). The molecule has 28 heavy (non-hydrogen) atoms. The van der Waals surface area contributed by atoms with Crippen molar-refractivity contribution in [1.29, 1.82) is 0 Å². The molecule has 0 unspecified atom stereocenters. The first-order valence-electron chi connectivity index (χ1n) is 8.16. The first-order chi connectivity index (χ1) is 13.7. The summed E-state index contributed by atoms with van der Waals surface area (Å²) in [5.41, 5.74) is 1.79. The Morgan fingerprint density at radius 1 is 1.11 bits per heavy atom. The predicted molar refractivity (Wildman–Crippen MR) is 111 cm³/mol. The maximum absolute atomic E-state index is 12.3. The summed E-state index contributed by atoms with van der Waals surface area (Å²) in [6, 6.07) is 17.0. The highest BCUT2D eigenvalue weighted by Crippen LogP contribution is 2.26. The fourth-order valence-electron chi connectivity index (χ4n) is 2.38. The minimum Gasteiger partial charge on any atom is -0.300 e. The van der Waals surface area contributed by atoms with Gasteiger partial charge in [-0.3, -0.25) is 14.7 Å². The third-order valence-corrected chi connectivity index (χ3v) is 5.69. The Labute approximate surface area is 173 Å². The van der Waals surface area contributed by atoms with Crippen LogP contribution in [0.3, 0.4) is 0 Å². The van der Waals surface area contributed by atoms with Crippen molar-refractivity contribution in [3.63, 3.8) is 0 Å². The van der Waals surface area contributed by atoms with Gasteiger partial charge < -0.3 is 0 Å². The summed E-state index contributed by atoms with van der Waals surface area (Å²) in [4.78, 5) is 12.3. The lowest BCUT2D eigenvalue weighted by atomic mass is 10.2. The fourth-order valence-corrected chi connectivity index (χ4v) is 4.06. The molecule has 0 aliphatic heterocycles. The Morgan fingerprint density at radius 2 is 1.96 bits per heavy atom. The second-order valence-corrected chi connectivity index (χ2v) is 7.94. The quantitative estimate of drug-likeness (QED) is 0.464. The van der Waals surface area contributed by atoms with Gasteiger partial charge in [0.05, 0.1) is 11.4 Å². The van der Waals surface area contributed by atoms with E-state index in [1.54, 1.807) is 23.0 Å². The van der Waals surface area contributed by atoms with E-state index in [0.29, 0.717) is 15.3 Å². The number of thioether (sulfide) groups is 1. The molecule has 7 nitrogen and oxygen atoms in total. The second kappa shape index (κ2) is 8.51. The molecule has 0 saturated heterocycles. The number of nitrogens with one attached hydrogen (secondary N) is 1. The van der Waals surface area contributed by atoms with Gasteiger partial charge in [0, 0.05) is 10.6 Å². The zero-order chi connectivity index (χ0) is 19.3.